The van der Waals surface area contributed by atoms with Crippen molar-refractivity contribution in [2.75, 3.05) is 5.32 Å². The van der Waals surface area contributed by atoms with E-state index >= 15 is 0 Å². The monoisotopic (exact) mass is 419 g/mol. The van der Waals surface area contributed by atoms with Gasteiger partial charge in [0, 0.05) is 11.8 Å². The molecular weight excluding hydrogens is 408 g/mol. The van der Waals surface area contributed by atoms with E-state index in [4.69, 9.17) is 0 Å². The van der Waals surface area contributed by atoms with Crippen LogP contribution in [0.5, 0.6) is 0 Å². The molecule has 0 aliphatic carbocycles. The van der Waals surface area contributed by atoms with Crippen LogP contribution < -0.4 is 10.6 Å². The molecule has 0 saturated heterocycles. The summed E-state index contributed by atoms with van der Waals surface area (Å²) in [5.74, 6) is -1.06. The zero-order chi connectivity index (χ0) is 20.3. The average molecular weight is 419 g/mol. The smallest absolute Gasteiger partial charge is 0.327 e. The van der Waals surface area contributed by atoms with E-state index in [2.05, 4.69) is 10.3 Å². The van der Waals surface area contributed by atoms with E-state index in [9.17, 15) is 28.5 Å². The zero-order valence-corrected chi connectivity index (χ0v) is 15.5. The Morgan fingerprint density at radius 1 is 1.21 bits per heavy atom. The van der Waals surface area contributed by atoms with E-state index in [1.54, 1.807) is 18.2 Å². The van der Waals surface area contributed by atoms with Crippen molar-refractivity contribution in [3.05, 3.63) is 63.7 Å². The number of nitrogens with one attached hydrogen (secondary N) is 2. The lowest BCUT2D eigenvalue weighted by molar-refractivity contribution is -0.385. The summed E-state index contributed by atoms with van der Waals surface area (Å²) in [5.41, 5.74) is 0.455. The number of hydrogen-bond acceptors (Lipinski definition) is 8. The minimum atomic E-state index is -2.22. The quantitative estimate of drug-likeness (QED) is 0.366. The molecule has 1 unspecified atom stereocenters. The first kappa shape index (κ1) is 19.5. The molecule has 1 atom stereocenters. The van der Waals surface area contributed by atoms with Gasteiger partial charge in [0.05, 0.1) is 15.1 Å². The van der Waals surface area contributed by atoms with Crippen LogP contribution in [0.4, 0.5) is 15.6 Å². The highest BCUT2D eigenvalue weighted by atomic mass is 32.2. The maximum atomic E-state index is 12.1. The van der Waals surface area contributed by atoms with E-state index in [1.165, 1.54) is 18.2 Å². The topological polar surface area (TPSA) is 154 Å². The van der Waals surface area contributed by atoms with E-state index < -0.39 is 33.6 Å². The number of nitrogens with zero attached hydrogens (tertiary/aromatic N) is 2. The van der Waals surface area contributed by atoms with Gasteiger partial charge in [-0.1, -0.05) is 40.6 Å². The Bertz CT molecular complexity index is 1110. The molecule has 0 bridgehead atoms. The molecule has 0 saturated carbocycles. The maximum Gasteiger partial charge on any atom is 0.327 e. The maximum absolute atomic E-state index is 12.1. The third-order valence-corrected chi connectivity index (χ3v) is 5.03. The molecule has 3 amide bonds. The van der Waals surface area contributed by atoms with Crippen molar-refractivity contribution >= 4 is 55.4 Å². The number of carbonyl (C=O) groups excluding carboxylic acids is 2. The predicted octanol–water partition coefficient (Wildman–Crippen LogP) is 2.55. The van der Waals surface area contributed by atoms with Crippen LogP contribution in [0.2, 0.25) is 0 Å². The van der Waals surface area contributed by atoms with Gasteiger partial charge in [0.15, 0.2) is 5.13 Å². The Hall–Kier alpha value is -3.22. The van der Waals surface area contributed by atoms with E-state index in [0.29, 0.717) is 15.8 Å². The van der Waals surface area contributed by atoms with Crippen molar-refractivity contribution in [1.82, 2.24) is 10.3 Å². The highest BCUT2D eigenvalue weighted by Gasteiger charge is 2.21. The van der Waals surface area contributed by atoms with Crippen LogP contribution in [-0.4, -0.2) is 30.6 Å². The van der Waals surface area contributed by atoms with Crippen molar-refractivity contribution in [2.24, 2.45) is 0 Å². The van der Waals surface area contributed by atoms with Crippen LogP contribution in [0, 0.1) is 10.1 Å². The number of rotatable bonds is 5. The summed E-state index contributed by atoms with van der Waals surface area (Å²) in [7, 11) is 0. The second-order valence-corrected chi connectivity index (χ2v) is 7.38. The summed E-state index contributed by atoms with van der Waals surface area (Å²) in [6, 6.07) is 9.22. The number of aromatic nitrogens is 1. The van der Waals surface area contributed by atoms with Gasteiger partial charge in [0.25, 0.3) is 11.6 Å². The molecule has 2 N–H and O–H groups in total. The SMILES string of the molecule is O=C(NC(=O)c1ccccc1[N+](=O)[O-])Nc1nc2ccc(CS(=O)[O-])cc2s1. The van der Waals surface area contributed by atoms with Crippen molar-refractivity contribution < 1.29 is 23.3 Å². The first-order valence-corrected chi connectivity index (χ1v) is 9.70. The molecule has 12 heteroatoms. The molecule has 0 aliphatic rings. The van der Waals surface area contributed by atoms with Crippen LogP contribution in [0.25, 0.3) is 10.2 Å². The second-order valence-electron chi connectivity index (χ2n) is 5.45. The number of imide groups is 1. The zero-order valence-electron chi connectivity index (χ0n) is 13.9. The van der Waals surface area contributed by atoms with Gasteiger partial charge in [0.1, 0.15) is 5.56 Å². The minimum absolute atomic E-state index is 0.137. The molecule has 0 fully saturated rings. The Kier molecular flexibility index (Phi) is 5.73. The number of para-hydroxylation sites is 1. The molecular formula is C16H11N4O6S2-. The molecule has 144 valence electrons. The Morgan fingerprint density at radius 2 is 1.96 bits per heavy atom. The van der Waals surface area contributed by atoms with Crippen LogP contribution >= 0.6 is 11.3 Å². The van der Waals surface area contributed by atoms with Crippen molar-refractivity contribution in [1.29, 1.82) is 0 Å². The lowest BCUT2D eigenvalue weighted by atomic mass is 10.1. The van der Waals surface area contributed by atoms with Crippen LogP contribution in [-0.2, 0) is 16.8 Å². The average Bonchev–Trinajstić information content (AvgIpc) is 3.02. The van der Waals surface area contributed by atoms with Gasteiger partial charge in [-0.25, -0.2) is 9.78 Å². The van der Waals surface area contributed by atoms with Gasteiger partial charge < -0.3 is 4.55 Å². The molecule has 10 nitrogen and oxygen atoms in total. The highest BCUT2D eigenvalue weighted by Crippen LogP contribution is 2.27. The number of anilines is 1. The third-order valence-electron chi connectivity index (χ3n) is 3.53. The summed E-state index contributed by atoms with van der Waals surface area (Å²) in [6.07, 6.45) is 0. The molecule has 2 aromatic carbocycles. The predicted molar refractivity (Wildman–Crippen MR) is 102 cm³/mol. The number of carbonyl (C=O) groups is 2. The van der Waals surface area contributed by atoms with Gasteiger partial charge in [-0.15, -0.1) is 0 Å². The van der Waals surface area contributed by atoms with Gasteiger partial charge in [-0.05, 0) is 23.8 Å². The number of benzene rings is 2. The van der Waals surface area contributed by atoms with Crippen molar-refractivity contribution in [2.45, 2.75) is 5.75 Å². The summed E-state index contributed by atoms with van der Waals surface area (Å²) in [4.78, 5) is 38.6. The normalized spacial score (nSPS) is 11.8. The van der Waals surface area contributed by atoms with Gasteiger partial charge in [0.2, 0.25) is 0 Å². The molecule has 0 aliphatic heterocycles. The summed E-state index contributed by atoms with van der Waals surface area (Å²) in [6.45, 7) is 0. The standard InChI is InChI=1S/C16H12N4O6S2/c21-14(10-3-1-2-4-12(10)20(23)24)18-15(22)19-16-17-11-6-5-9(8-28(25)26)7-13(11)27-16/h1-7H,8H2,(H,25,26)(H2,17,18,19,21,22)/p-1. The largest absolute Gasteiger partial charge is 0.772 e. The molecule has 1 heterocycles. The number of nitro groups is 1. The molecule has 3 rings (SSSR count). The number of amides is 3. The van der Waals surface area contributed by atoms with E-state index in [0.717, 1.165) is 17.4 Å². The number of nitro benzene ring substituents is 1. The van der Waals surface area contributed by atoms with Crippen LogP contribution in [0.1, 0.15) is 15.9 Å². The number of fused-ring (bicyclic) bond motifs is 1. The highest BCUT2D eigenvalue weighted by molar-refractivity contribution is 7.78. The first-order valence-electron chi connectivity index (χ1n) is 7.64. The fourth-order valence-corrected chi connectivity index (χ4v) is 3.75. The lowest BCUT2D eigenvalue weighted by Gasteiger charge is -2.04. The Balaban J connectivity index is 1.72. The molecule has 0 spiro atoms. The van der Waals surface area contributed by atoms with Gasteiger partial charge in [-0.3, -0.25) is 29.8 Å². The van der Waals surface area contributed by atoms with Gasteiger partial charge in [-0.2, -0.15) is 0 Å². The molecule has 28 heavy (non-hydrogen) atoms. The molecule has 0 radical (unpaired) electrons. The van der Waals surface area contributed by atoms with Crippen LogP contribution in [0.3, 0.4) is 0 Å². The Morgan fingerprint density at radius 3 is 2.68 bits per heavy atom. The van der Waals surface area contributed by atoms with E-state index in [-0.39, 0.29) is 16.4 Å². The number of thiazole rings is 1. The second kappa shape index (κ2) is 8.21. The molecule has 3 aromatic rings. The summed E-state index contributed by atoms with van der Waals surface area (Å²) >= 11 is -1.13. The van der Waals surface area contributed by atoms with Gasteiger partial charge >= 0.3 is 6.03 Å². The fraction of sp³-hybridized carbons (Fsp3) is 0.0625. The first-order chi connectivity index (χ1) is 13.3. The Labute approximate surface area is 164 Å². The minimum Gasteiger partial charge on any atom is -0.772 e. The fourth-order valence-electron chi connectivity index (χ4n) is 2.37. The van der Waals surface area contributed by atoms with Crippen LogP contribution in [0.15, 0.2) is 42.5 Å². The van der Waals surface area contributed by atoms with Crippen molar-refractivity contribution in [3.63, 3.8) is 0 Å². The van der Waals surface area contributed by atoms with E-state index in [1.807, 2.05) is 5.32 Å². The lowest BCUT2D eigenvalue weighted by Crippen LogP contribution is -2.34. The number of urea groups is 1. The third kappa shape index (κ3) is 4.54. The van der Waals surface area contributed by atoms with Crippen molar-refractivity contribution in [3.8, 4) is 0 Å². The molecule has 1 aromatic heterocycles. The summed E-state index contributed by atoms with van der Waals surface area (Å²) < 4.78 is 22.2. The number of hydrogen-bond donors (Lipinski definition) is 2. The summed E-state index contributed by atoms with van der Waals surface area (Å²) in [5, 5.41) is 15.6.